The van der Waals surface area contributed by atoms with Gasteiger partial charge in [-0.05, 0) is 31.9 Å². The number of rotatable bonds is 7. The summed E-state index contributed by atoms with van der Waals surface area (Å²) in [6, 6.07) is 6.69. The average molecular weight is 298 g/mol. The predicted molar refractivity (Wildman–Crippen MR) is 77.1 cm³/mol. The molecule has 0 radical (unpaired) electrons. The fourth-order valence-corrected chi connectivity index (χ4v) is 3.38. The van der Waals surface area contributed by atoms with Crippen LogP contribution in [0.3, 0.4) is 0 Å². The molecule has 1 atom stereocenters. The van der Waals surface area contributed by atoms with Gasteiger partial charge in [0, 0.05) is 6.42 Å². The van der Waals surface area contributed by atoms with Crippen LogP contribution < -0.4 is 0 Å². The van der Waals surface area contributed by atoms with E-state index in [1.54, 1.807) is 24.3 Å². The molecule has 0 aromatic heterocycles. The molecular formula is C15H22O4S. The van der Waals surface area contributed by atoms with E-state index in [0.29, 0.717) is 6.42 Å². The Morgan fingerprint density at radius 1 is 1.25 bits per heavy atom. The Morgan fingerprint density at radius 2 is 1.90 bits per heavy atom. The van der Waals surface area contributed by atoms with E-state index in [1.165, 1.54) is 0 Å². The van der Waals surface area contributed by atoms with Gasteiger partial charge in [0.25, 0.3) is 10.1 Å². The molecule has 4 nitrogen and oxygen atoms in total. The van der Waals surface area contributed by atoms with Crippen molar-refractivity contribution in [2.45, 2.75) is 50.0 Å². The smallest absolute Gasteiger partial charge is 0.296 e. The molecule has 0 aliphatic carbocycles. The van der Waals surface area contributed by atoms with Crippen molar-refractivity contribution in [3.63, 3.8) is 0 Å². The van der Waals surface area contributed by atoms with Crippen molar-refractivity contribution in [2.75, 3.05) is 13.2 Å². The maximum atomic E-state index is 12.0. The van der Waals surface area contributed by atoms with E-state index >= 15 is 0 Å². The van der Waals surface area contributed by atoms with Gasteiger partial charge >= 0.3 is 0 Å². The summed E-state index contributed by atoms with van der Waals surface area (Å²) in [5.74, 6) is 0. The van der Waals surface area contributed by atoms with Crippen LogP contribution in [-0.2, 0) is 19.0 Å². The zero-order valence-corrected chi connectivity index (χ0v) is 12.9. The zero-order chi connectivity index (χ0) is 14.6. The highest BCUT2D eigenvalue weighted by Crippen LogP contribution is 2.34. The van der Waals surface area contributed by atoms with Gasteiger partial charge < -0.3 is 4.74 Å². The van der Waals surface area contributed by atoms with Crippen LogP contribution in [0.4, 0.5) is 0 Å². The highest BCUT2D eigenvalue weighted by atomic mass is 32.2. The van der Waals surface area contributed by atoms with Crippen molar-refractivity contribution in [1.29, 1.82) is 0 Å². The molecule has 1 unspecified atom stereocenters. The quantitative estimate of drug-likeness (QED) is 0.726. The van der Waals surface area contributed by atoms with Gasteiger partial charge in [-0.25, -0.2) is 0 Å². The standard InChI is InChI=1S/C15H22O4S/c1-3-8-15(9-11-18-15)10-12-19-20(16,17)14-6-4-13(2)5-7-14/h4-7H,3,8-12H2,1-2H3. The molecule has 5 heteroatoms. The summed E-state index contributed by atoms with van der Waals surface area (Å²) in [5.41, 5.74) is 0.867. The van der Waals surface area contributed by atoms with Gasteiger partial charge in [0.15, 0.2) is 0 Å². The van der Waals surface area contributed by atoms with Crippen LogP contribution in [-0.4, -0.2) is 27.2 Å². The summed E-state index contributed by atoms with van der Waals surface area (Å²) in [7, 11) is -3.65. The number of ether oxygens (including phenoxy) is 1. The van der Waals surface area contributed by atoms with Gasteiger partial charge in [-0.2, -0.15) is 8.42 Å². The van der Waals surface area contributed by atoms with Gasteiger partial charge in [0.2, 0.25) is 0 Å². The van der Waals surface area contributed by atoms with Crippen LogP contribution in [0, 0.1) is 6.92 Å². The van der Waals surface area contributed by atoms with Crippen molar-refractivity contribution in [1.82, 2.24) is 0 Å². The van der Waals surface area contributed by atoms with Crippen molar-refractivity contribution in [2.24, 2.45) is 0 Å². The molecule has 2 rings (SSSR count). The maximum absolute atomic E-state index is 12.0. The molecular weight excluding hydrogens is 276 g/mol. The monoisotopic (exact) mass is 298 g/mol. The highest BCUT2D eigenvalue weighted by molar-refractivity contribution is 7.86. The van der Waals surface area contributed by atoms with Crippen molar-refractivity contribution in [3.05, 3.63) is 29.8 Å². The Balaban J connectivity index is 1.91. The molecule has 20 heavy (non-hydrogen) atoms. The Labute approximate surface area is 121 Å². The van der Waals surface area contributed by atoms with Crippen LogP contribution in [0.25, 0.3) is 0 Å². The summed E-state index contributed by atoms with van der Waals surface area (Å²) in [6.07, 6.45) is 3.62. The fourth-order valence-electron chi connectivity index (χ4n) is 2.48. The summed E-state index contributed by atoms with van der Waals surface area (Å²) in [6.45, 7) is 4.97. The molecule has 0 spiro atoms. The Morgan fingerprint density at radius 3 is 2.40 bits per heavy atom. The molecule has 112 valence electrons. The minimum atomic E-state index is -3.65. The molecule has 1 fully saturated rings. The molecule has 0 saturated carbocycles. The van der Waals surface area contributed by atoms with E-state index in [4.69, 9.17) is 8.92 Å². The molecule has 0 bridgehead atoms. The van der Waals surface area contributed by atoms with Gasteiger partial charge in [-0.3, -0.25) is 4.18 Å². The van der Waals surface area contributed by atoms with Gasteiger partial charge in [0.1, 0.15) is 0 Å². The maximum Gasteiger partial charge on any atom is 0.296 e. The number of hydrogen-bond acceptors (Lipinski definition) is 4. The second kappa shape index (κ2) is 6.24. The fraction of sp³-hybridized carbons (Fsp3) is 0.600. The molecule has 1 aromatic carbocycles. The van der Waals surface area contributed by atoms with Gasteiger partial charge in [-0.15, -0.1) is 0 Å². The third-order valence-corrected chi connectivity index (χ3v) is 5.10. The Hall–Kier alpha value is -0.910. The topological polar surface area (TPSA) is 52.6 Å². The molecule has 1 heterocycles. The third-order valence-electron chi connectivity index (χ3n) is 3.78. The average Bonchev–Trinajstić information content (AvgIpc) is 2.36. The minimum absolute atomic E-state index is 0.155. The normalized spacial score (nSPS) is 22.5. The zero-order valence-electron chi connectivity index (χ0n) is 12.1. The summed E-state index contributed by atoms with van der Waals surface area (Å²) in [5, 5.41) is 0. The minimum Gasteiger partial charge on any atom is -0.375 e. The second-order valence-corrected chi connectivity index (χ2v) is 6.99. The van der Waals surface area contributed by atoms with E-state index in [0.717, 1.165) is 31.4 Å². The van der Waals surface area contributed by atoms with Crippen molar-refractivity contribution >= 4 is 10.1 Å². The lowest BCUT2D eigenvalue weighted by Gasteiger charge is -2.42. The number of aryl methyl sites for hydroxylation is 1. The molecule has 1 aliphatic heterocycles. The number of benzene rings is 1. The van der Waals surface area contributed by atoms with Crippen molar-refractivity contribution in [3.8, 4) is 0 Å². The lowest BCUT2D eigenvalue weighted by Crippen LogP contribution is -2.44. The van der Waals surface area contributed by atoms with E-state index < -0.39 is 10.1 Å². The predicted octanol–water partition coefficient (Wildman–Crippen LogP) is 3.05. The molecule has 0 amide bonds. The summed E-state index contributed by atoms with van der Waals surface area (Å²) < 4.78 is 34.8. The van der Waals surface area contributed by atoms with Crippen molar-refractivity contribution < 1.29 is 17.3 Å². The SMILES string of the molecule is CCCC1(CCOS(=O)(=O)c2ccc(C)cc2)CCO1. The van der Waals surface area contributed by atoms with E-state index in [9.17, 15) is 8.42 Å². The van der Waals surface area contributed by atoms with Crippen LogP contribution >= 0.6 is 0 Å². The van der Waals surface area contributed by atoms with E-state index in [1.807, 2.05) is 6.92 Å². The first kappa shape index (κ1) is 15.5. The van der Waals surface area contributed by atoms with Gasteiger partial charge in [0.05, 0.1) is 23.7 Å². The second-order valence-electron chi connectivity index (χ2n) is 5.37. The largest absolute Gasteiger partial charge is 0.375 e. The first-order chi connectivity index (χ1) is 9.47. The highest BCUT2D eigenvalue weighted by Gasteiger charge is 2.37. The van der Waals surface area contributed by atoms with Crippen LogP contribution in [0.5, 0.6) is 0 Å². The number of hydrogen-bond donors (Lipinski definition) is 0. The van der Waals surface area contributed by atoms with Crippen LogP contribution in [0.2, 0.25) is 0 Å². The van der Waals surface area contributed by atoms with Crippen LogP contribution in [0.1, 0.15) is 38.2 Å². The molecule has 1 aromatic rings. The first-order valence-corrected chi connectivity index (χ1v) is 8.48. The first-order valence-electron chi connectivity index (χ1n) is 7.07. The Kier molecular flexibility index (Phi) is 4.83. The lowest BCUT2D eigenvalue weighted by molar-refractivity contribution is -0.159. The lowest BCUT2D eigenvalue weighted by atomic mass is 9.87. The molecule has 1 aliphatic rings. The van der Waals surface area contributed by atoms with Gasteiger partial charge in [-0.1, -0.05) is 31.0 Å². The summed E-state index contributed by atoms with van der Waals surface area (Å²) >= 11 is 0. The van der Waals surface area contributed by atoms with E-state index in [2.05, 4.69) is 6.92 Å². The molecule has 0 N–H and O–H groups in total. The third kappa shape index (κ3) is 3.59. The summed E-state index contributed by atoms with van der Waals surface area (Å²) in [4.78, 5) is 0.210. The molecule has 1 saturated heterocycles. The van der Waals surface area contributed by atoms with E-state index in [-0.39, 0.29) is 17.1 Å². The Bertz CT molecular complexity index is 529. The van der Waals surface area contributed by atoms with Crippen LogP contribution in [0.15, 0.2) is 29.2 Å².